The minimum absolute atomic E-state index is 0.0154. The second-order valence-electron chi connectivity index (χ2n) is 32.0. The van der Waals surface area contributed by atoms with Crippen molar-refractivity contribution in [3.63, 3.8) is 0 Å². The van der Waals surface area contributed by atoms with Gasteiger partial charge in [0.05, 0.1) is 42.1 Å². The number of likely N-dealkylation sites (N-methyl/N-ethyl adjacent to an activating group) is 2. The van der Waals surface area contributed by atoms with Gasteiger partial charge in [-0.15, -0.1) is 11.8 Å². The first-order valence-corrected chi connectivity index (χ1v) is 42.1. The lowest BCUT2D eigenvalue weighted by Gasteiger charge is -2.32. The van der Waals surface area contributed by atoms with Crippen molar-refractivity contribution in [2.24, 2.45) is 29.6 Å². The lowest BCUT2D eigenvalue weighted by molar-refractivity contribution is -0.146. The number of carboxylic acid groups (broad SMARTS) is 1. The van der Waals surface area contributed by atoms with Gasteiger partial charge in [-0.1, -0.05) is 160 Å². The zero-order valence-electron chi connectivity index (χ0n) is 69.1. The van der Waals surface area contributed by atoms with Crippen molar-refractivity contribution >= 4 is 99.8 Å². The molecule has 0 aromatic heterocycles. The lowest BCUT2D eigenvalue weighted by atomic mass is 9.86. The van der Waals surface area contributed by atoms with E-state index in [1.807, 2.05) is 84.9 Å². The lowest BCUT2D eigenvalue weighted by Crippen LogP contribution is -2.60. The fraction of sp³-hybridized carbons (Fsp3) is 0.500. The second-order valence-corrected chi connectivity index (χ2v) is 33.0. The van der Waals surface area contributed by atoms with Crippen molar-refractivity contribution in [1.29, 1.82) is 0 Å². The Bertz CT molecular complexity index is 4360. The van der Waals surface area contributed by atoms with Gasteiger partial charge in [-0.05, 0) is 137 Å². The molecular formula is C90H115N9O18S. The van der Waals surface area contributed by atoms with Crippen molar-refractivity contribution in [2.75, 3.05) is 38.7 Å². The van der Waals surface area contributed by atoms with Gasteiger partial charge in [-0.3, -0.25) is 71.9 Å². The molecule has 0 spiro atoms. The van der Waals surface area contributed by atoms with E-state index in [4.69, 9.17) is 0 Å². The van der Waals surface area contributed by atoms with E-state index in [0.29, 0.717) is 36.0 Å². The largest absolute Gasteiger partial charge is 0.481 e. The molecule has 5 aromatic rings. The first-order valence-electron chi connectivity index (χ1n) is 40.9. The Morgan fingerprint density at radius 1 is 0.466 bits per heavy atom. The number of aliphatic carboxylic acids is 1. The number of carbonyl (C=O) groups is 15. The highest BCUT2D eigenvalue weighted by Gasteiger charge is 2.45. The molecule has 0 saturated carbocycles. The number of aliphatic hydroxyl groups excluding tert-OH is 2. The number of benzene rings is 5. The zero-order chi connectivity index (χ0) is 86.2. The second kappa shape index (κ2) is 44.3. The number of nitrogens with one attached hydrogen (secondary N) is 5. The first kappa shape index (κ1) is 92.9. The highest BCUT2D eigenvalue weighted by Crippen LogP contribution is 2.31. The molecule has 27 nitrogen and oxygen atoms in total. The van der Waals surface area contributed by atoms with Crippen LogP contribution in [0.4, 0.5) is 0 Å². The number of nitrogens with zero attached hydrogens (tertiary/aromatic N) is 4. The predicted octanol–water partition coefficient (Wildman–Crippen LogP) is 6.87. The maximum absolute atomic E-state index is 15.4. The average Bonchev–Trinajstić information content (AvgIpc) is 1.68. The van der Waals surface area contributed by atoms with Crippen LogP contribution in [0.15, 0.2) is 140 Å². The Balaban J connectivity index is 1.13. The third kappa shape index (κ3) is 25.7. The van der Waals surface area contributed by atoms with Gasteiger partial charge in [0.2, 0.25) is 53.2 Å². The van der Waals surface area contributed by atoms with Gasteiger partial charge in [0, 0.05) is 95.1 Å². The Labute approximate surface area is 694 Å². The third-order valence-electron chi connectivity index (χ3n) is 22.9. The van der Waals surface area contributed by atoms with Crippen LogP contribution >= 0.6 is 11.8 Å². The van der Waals surface area contributed by atoms with Gasteiger partial charge >= 0.3 is 5.97 Å². The quantitative estimate of drug-likeness (QED) is 0.0471. The molecule has 634 valence electrons. The van der Waals surface area contributed by atoms with Crippen LogP contribution < -0.4 is 26.6 Å². The number of rotatable bonds is 17. The molecule has 0 radical (unpaired) electrons. The first-order chi connectivity index (χ1) is 56.1. The summed E-state index contributed by atoms with van der Waals surface area (Å²) in [7, 11) is 2.73. The van der Waals surface area contributed by atoms with Crippen molar-refractivity contribution in [1.82, 2.24) is 46.2 Å². The number of fused-ring (bicyclic) bond motifs is 2. The number of amides is 9. The zero-order valence-corrected chi connectivity index (χ0v) is 69.9. The summed E-state index contributed by atoms with van der Waals surface area (Å²) in [5.74, 6) is -16.8. The summed E-state index contributed by atoms with van der Waals surface area (Å²) < 4.78 is 0. The van der Waals surface area contributed by atoms with Gasteiger partial charge < -0.3 is 61.5 Å². The predicted molar refractivity (Wildman–Crippen MR) is 445 cm³/mol. The van der Waals surface area contributed by atoms with E-state index in [-0.39, 0.29) is 81.7 Å². The molecule has 9 amide bonds. The van der Waals surface area contributed by atoms with Gasteiger partial charge in [0.25, 0.3) is 0 Å². The molecule has 3 aliphatic rings. The molecule has 3 aliphatic heterocycles. The van der Waals surface area contributed by atoms with Crippen LogP contribution in [0, 0.1) is 29.6 Å². The molecule has 0 aliphatic carbocycles. The van der Waals surface area contributed by atoms with Crippen LogP contribution in [0.1, 0.15) is 149 Å². The van der Waals surface area contributed by atoms with E-state index in [1.54, 1.807) is 75.4 Å². The Hall–Kier alpha value is -10.6. The average molecular weight is 1640 g/mol. The number of thioether (sulfide) groups is 1. The molecule has 118 heavy (non-hydrogen) atoms. The minimum atomic E-state index is -1.79. The number of ketones is 5. The summed E-state index contributed by atoms with van der Waals surface area (Å²) in [6.45, 7) is 12.1. The molecule has 0 unspecified atom stereocenters. The fourth-order valence-corrected chi connectivity index (χ4v) is 16.4. The van der Waals surface area contributed by atoms with E-state index < -0.39 is 204 Å². The van der Waals surface area contributed by atoms with E-state index in [0.717, 1.165) is 43.8 Å². The maximum atomic E-state index is 15.4. The van der Waals surface area contributed by atoms with Crippen LogP contribution in [0.2, 0.25) is 0 Å². The van der Waals surface area contributed by atoms with Gasteiger partial charge in [0.15, 0.2) is 28.9 Å². The summed E-state index contributed by atoms with van der Waals surface area (Å²) in [6, 6.07) is 30.3. The molecular weight excluding hydrogens is 1530 g/mol. The number of hydrogen-bond acceptors (Lipinski definition) is 18. The third-order valence-corrected chi connectivity index (χ3v) is 23.9. The molecule has 8 rings (SSSR count). The normalized spacial score (nSPS) is 25.8. The topological polar surface area (TPSA) is 390 Å². The summed E-state index contributed by atoms with van der Waals surface area (Å²) in [5, 5.41) is 45.9. The number of aliphatic hydroxyl groups is 2. The summed E-state index contributed by atoms with van der Waals surface area (Å²) in [5.41, 5.74) is 5.39. The van der Waals surface area contributed by atoms with Crippen LogP contribution in [0.5, 0.6) is 0 Å². The molecule has 5 aromatic carbocycles. The van der Waals surface area contributed by atoms with Gasteiger partial charge in [-0.25, -0.2) is 0 Å². The van der Waals surface area contributed by atoms with Crippen LogP contribution in [0.25, 0.3) is 22.3 Å². The number of hydrogen-bond donors (Lipinski definition) is 8. The standard InChI is InChI=1S/C90H115N9O18S/c1-11-23-74(102)71-51-118-52-79(107)92-70(46-59-24-15-12-16-25-59)77(105)50-69(53(2)3)90(117)99-43-22-31-73(99)85(112)95-82(58(8)101)86(113)94-81(57(7)100)78(106)49-68(45-61-34-38-65(39-35-61)63-28-19-14-20-29-63)89(116)97(10)56(6)76(104)48-67(44-60-32-36-64(37-33-60)62-26-17-13-18-27-62)88(115)96(9)55(5)75(103)47-66(40-41-80(108)109)83(110)91-54(4)87(114)98-42-21-30-72(98)84(111)93-71/h12-20,24-29,32-39,53-58,66-73,81-82,100-101H,11,21-23,30-31,40-52H2,1-10H3,(H,91,110)(H,92,107)(H,93,111)(H,94,113)(H,95,112)(H,108,109)/t54-,55-,56-,57+,58+,66+,67+,68+,69-,70-,71-,72-,73-,81-,82-/m0/s1. The SMILES string of the molecule is CCCC(=O)[C@@H]1CSCC(=O)N[C@@H](Cc2ccccc2)C(=O)C[C@@H](C(C)C)C(=O)N2CCC[C@H]2C(=O)N[C@@H]([C@@H](C)O)C(=O)N[C@@H]([C@@H](C)O)C(=O)C[C@@H](Cc2ccc(-c3ccccc3)cc2)C(=O)N(C)[C@@H](C)C(=O)C[C@@H](Cc2ccc(-c3ccccc3)cc2)C(=O)N(C)[C@@H](C)C(=O)C[C@@H](CCC(=O)O)C(=O)N[C@@H](C)C(=O)N2CCC[C@H]2C(=O)N1. The van der Waals surface area contributed by atoms with Gasteiger partial charge in [0.1, 0.15) is 30.2 Å². The van der Waals surface area contributed by atoms with Crippen LogP contribution in [0.3, 0.4) is 0 Å². The van der Waals surface area contributed by atoms with Crippen LogP contribution in [-0.4, -0.2) is 228 Å². The maximum Gasteiger partial charge on any atom is 0.303 e. The van der Waals surface area contributed by atoms with E-state index in [2.05, 4.69) is 26.6 Å². The molecule has 15 atom stereocenters. The van der Waals surface area contributed by atoms with Crippen molar-refractivity contribution < 1.29 is 87.2 Å². The van der Waals surface area contributed by atoms with Gasteiger partial charge in [-0.2, -0.15) is 0 Å². The number of Topliss-reactive ketones (excluding diaryl/α,β-unsaturated/α-hetero) is 5. The van der Waals surface area contributed by atoms with E-state index >= 15 is 14.4 Å². The number of carbonyl (C=O) groups excluding carboxylic acids is 14. The van der Waals surface area contributed by atoms with Crippen molar-refractivity contribution in [2.45, 2.75) is 218 Å². The Morgan fingerprint density at radius 2 is 0.907 bits per heavy atom. The summed E-state index contributed by atoms with van der Waals surface area (Å²) >= 11 is 1.01. The molecule has 8 N–H and O–H groups in total. The van der Waals surface area contributed by atoms with Crippen molar-refractivity contribution in [3.8, 4) is 22.3 Å². The Kier molecular flexibility index (Phi) is 34.9. The molecule has 28 heteroatoms. The van der Waals surface area contributed by atoms with E-state index in [9.17, 15) is 72.9 Å². The highest BCUT2D eigenvalue weighted by molar-refractivity contribution is 8.00. The monoisotopic (exact) mass is 1640 g/mol. The molecule has 3 heterocycles. The molecule has 3 fully saturated rings. The highest BCUT2D eigenvalue weighted by atomic mass is 32.2. The number of carboxylic acids is 1. The van der Waals surface area contributed by atoms with E-state index in [1.165, 1.54) is 58.5 Å². The van der Waals surface area contributed by atoms with Crippen molar-refractivity contribution in [3.05, 3.63) is 156 Å². The molecule has 0 bridgehead atoms. The smallest absolute Gasteiger partial charge is 0.303 e. The fourth-order valence-electron chi connectivity index (χ4n) is 15.5. The van der Waals surface area contributed by atoms with Crippen LogP contribution in [-0.2, 0) is 91.2 Å². The Morgan fingerprint density at radius 3 is 1.38 bits per heavy atom. The summed E-state index contributed by atoms with van der Waals surface area (Å²) in [4.78, 5) is 222. The minimum Gasteiger partial charge on any atom is -0.481 e. The molecule has 3 saturated heterocycles. The summed E-state index contributed by atoms with van der Waals surface area (Å²) in [6.07, 6.45) is -5.07.